The number of hydrogen-bond donors (Lipinski definition) is 3. The molecule has 2 heterocycles. The highest BCUT2D eigenvalue weighted by molar-refractivity contribution is 5.82. The van der Waals surface area contributed by atoms with Crippen molar-refractivity contribution in [2.45, 2.75) is 0 Å². The van der Waals surface area contributed by atoms with E-state index in [0.717, 1.165) is 0 Å². The van der Waals surface area contributed by atoms with Crippen molar-refractivity contribution in [3.8, 4) is 51.3 Å². The predicted octanol–water partition coefficient (Wildman–Crippen LogP) is 2.29. The zero-order valence-electron chi connectivity index (χ0n) is 12.6. The second-order valence-corrected chi connectivity index (χ2v) is 5.15. The Bertz CT molecular complexity index is 922. The van der Waals surface area contributed by atoms with Gasteiger partial charge in [0, 0.05) is 17.2 Å². The normalized spacial score (nSPS) is 12.4. The standard InChI is InChI=1S/C16H13N3O5/c1-22-9-2-3-10(11(20)6-9)15-14(17-19-18-15)8-4-12(21)16-13(5-8)23-7-24-16/h2-6,20-21H,7H2,1H3,(H,17,18,19). The number of ether oxygens (including phenoxy) is 3. The van der Waals surface area contributed by atoms with Gasteiger partial charge in [0.25, 0.3) is 0 Å². The summed E-state index contributed by atoms with van der Waals surface area (Å²) >= 11 is 0. The van der Waals surface area contributed by atoms with Gasteiger partial charge in [-0.25, -0.2) is 0 Å². The first-order valence-electron chi connectivity index (χ1n) is 7.09. The van der Waals surface area contributed by atoms with Crippen molar-refractivity contribution < 1.29 is 24.4 Å². The number of nitrogens with one attached hydrogen (secondary N) is 1. The van der Waals surface area contributed by atoms with Crippen molar-refractivity contribution in [2.24, 2.45) is 0 Å². The molecule has 0 aliphatic carbocycles. The van der Waals surface area contributed by atoms with Gasteiger partial charge >= 0.3 is 0 Å². The molecule has 8 nitrogen and oxygen atoms in total. The molecule has 4 rings (SSSR count). The van der Waals surface area contributed by atoms with Crippen LogP contribution in [0.4, 0.5) is 0 Å². The van der Waals surface area contributed by atoms with Crippen LogP contribution in [0.3, 0.4) is 0 Å². The van der Waals surface area contributed by atoms with Gasteiger partial charge in [0.1, 0.15) is 17.2 Å². The van der Waals surface area contributed by atoms with Gasteiger partial charge in [0.2, 0.25) is 12.5 Å². The number of phenols is 2. The van der Waals surface area contributed by atoms with Gasteiger partial charge in [0.05, 0.1) is 12.8 Å². The first-order chi connectivity index (χ1) is 11.7. The number of fused-ring (bicyclic) bond motifs is 1. The molecular formula is C16H13N3O5. The number of aromatic amines is 1. The molecule has 122 valence electrons. The minimum absolute atomic E-state index is 0.0200. The van der Waals surface area contributed by atoms with Crippen molar-refractivity contribution in [3.05, 3.63) is 30.3 Å². The zero-order valence-corrected chi connectivity index (χ0v) is 12.6. The summed E-state index contributed by atoms with van der Waals surface area (Å²) in [5, 5.41) is 30.9. The van der Waals surface area contributed by atoms with Crippen molar-refractivity contribution >= 4 is 0 Å². The summed E-state index contributed by atoms with van der Waals surface area (Å²) in [6.07, 6.45) is 0. The average molecular weight is 327 g/mol. The maximum Gasteiger partial charge on any atom is 0.231 e. The molecule has 1 aliphatic rings. The molecule has 24 heavy (non-hydrogen) atoms. The fraction of sp³-hybridized carbons (Fsp3) is 0.125. The van der Waals surface area contributed by atoms with Crippen LogP contribution in [0, 0.1) is 0 Å². The summed E-state index contributed by atoms with van der Waals surface area (Å²) in [6, 6.07) is 8.12. The van der Waals surface area contributed by atoms with Crippen LogP contribution in [0.25, 0.3) is 22.5 Å². The number of aromatic hydroxyl groups is 2. The summed E-state index contributed by atoms with van der Waals surface area (Å²) in [7, 11) is 1.52. The lowest BCUT2D eigenvalue weighted by atomic mass is 10.0. The van der Waals surface area contributed by atoms with Crippen molar-refractivity contribution in [1.29, 1.82) is 0 Å². The fourth-order valence-corrected chi connectivity index (χ4v) is 2.60. The molecule has 3 N–H and O–H groups in total. The van der Waals surface area contributed by atoms with E-state index in [1.807, 2.05) is 0 Å². The zero-order chi connectivity index (χ0) is 16.7. The topological polar surface area (TPSA) is 110 Å². The molecular weight excluding hydrogens is 314 g/mol. The van der Waals surface area contributed by atoms with E-state index in [2.05, 4.69) is 15.4 Å². The van der Waals surface area contributed by atoms with E-state index in [0.29, 0.717) is 39.8 Å². The third-order valence-electron chi connectivity index (χ3n) is 3.75. The Morgan fingerprint density at radius 2 is 2.00 bits per heavy atom. The quantitative estimate of drug-likeness (QED) is 0.677. The Labute approximate surface area is 136 Å². The largest absolute Gasteiger partial charge is 0.507 e. The Morgan fingerprint density at radius 1 is 1.12 bits per heavy atom. The monoisotopic (exact) mass is 327 g/mol. The molecule has 8 heteroatoms. The maximum absolute atomic E-state index is 10.2. The van der Waals surface area contributed by atoms with Crippen LogP contribution in [0.1, 0.15) is 0 Å². The van der Waals surface area contributed by atoms with Crippen LogP contribution in [0.5, 0.6) is 28.7 Å². The summed E-state index contributed by atoms with van der Waals surface area (Å²) in [6.45, 7) is 0.0529. The van der Waals surface area contributed by atoms with Crippen LogP contribution >= 0.6 is 0 Å². The first kappa shape index (κ1) is 14.2. The van der Waals surface area contributed by atoms with Crippen LogP contribution in [-0.2, 0) is 0 Å². The summed E-state index contributed by atoms with van der Waals surface area (Å²) in [5.41, 5.74) is 2.06. The molecule has 1 aliphatic heterocycles. The molecule has 0 unspecified atom stereocenters. The second-order valence-electron chi connectivity index (χ2n) is 5.15. The number of aromatic nitrogens is 3. The van der Waals surface area contributed by atoms with Gasteiger partial charge in [-0.2, -0.15) is 0 Å². The Kier molecular flexibility index (Phi) is 3.16. The number of phenolic OH excluding ortho intramolecular Hbond substituents is 2. The predicted molar refractivity (Wildman–Crippen MR) is 83.3 cm³/mol. The van der Waals surface area contributed by atoms with Gasteiger partial charge in [0.15, 0.2) is 11.5 Å². The van der Waals surface area contributed by atoms with Gasteiger partial charge in [-0.15, -0.1) is 5.10 Å². The van der Waals surface area contributed by atoms with Gasteiger partial charge in [-0.1, -0.05) is 5.21 Å². The fourth-order valence-electron chi connectivity index (χ4n) is 2.60. The SMILES string of the molecule is COc1ccc(-c2[nH]nnc2-c2cc(O)c3c(c2)OCO3)c(O)c1. The molecule has 0 saturated carbocycles. The Balaban J connectivity index is 1.83. The molecule has 0 atom stereocenters. The summed E-state index contributed by atoms with van der Waals surface area (Å²) in [5.74, 6) is 1.24. The molecule has 0 fully saturated rings. The lowest BCUT2D eigenvalue weighted by Gasteiger charge is -2.08. The summed E-state index contributed by atoms with van der Waals surface area (Å²) < 4.78 is 15.6. The third-order valence-corrected chi connectivity index (χ3v) is 3.75. The van der Waals surface area contributed by atoms with E-state index >= 15 is 0 Å². The average Bonchev–Trinajstić information content (AvgIpc) is 3.23. The molecule has 0 radical (unpaired) electrons. The Morgan fingerprint density at radius 3 is 2.79 bits per heavy atom. The van der Waals surface area contributed by atoms with Crippen LogP contribution in [0.2, 0.25) is 0 Å². The molecule has 0 spiro atoms. The number of H-pyrrole nitrogens is 1. The van der Waals surface area contributed by atoms with Crippen LogP contribution in [-0.4, -0.2) is 39.5 Å². The number of methoxy groups -OCH3 is 1. The van der Waals surface area contributed by atoms with E-state index < -0.39 is 0 Å². The highest BCUT2D eigenvalue weighted by Crippen LogP contribution is 2.45. The van der Waals surface area contributed by atoms with Crippen molar-refractivity contribution in [2.75, 3.05) is 13.9 Å². The van der Waals surface area contributed by atoms with Crippen LogP contribution < -0.4 is 14.2 Å². The minimum Gasteiger partial charge on any atom is -0.507 e. The minimum atomic E-state index is -0.0482. The van der Waals surface area contributed by atoms with Crippen LogP contribution in [0.15, 0.2) is 30.3 Å². The van der Waals surface area contributed by atoms with Crippen molar-refractivity contribution in [3.63, 3.8) is 0 Å². The molecule has 0 amide bonds. The van der Waals surface area contributed by atoms with Gasteiger partial charge in [-0.05, 0) is 24.3 Å². The van der Waals surface area contributed by atoms with E-state index in [-0.39, 0.29) is 18.3 Å². The lowest BCUT2D eigenvalue weighted by molar-refractivity contribution is 0.171. The smallest absolute Gasteiger partial charge is 0.231 e. The number of hydrogen-bond acceptors (Lipinski definition) is 7. The molecule has 3 aromatic rings. The first-order valence-corrected chi connectivity index (χ1v) is 7.09. The van der Waals surface area contributed by atoms with E-state index in [9.17, 15) is 10.2 Å². The van der Waals surface area contributed by atoms with E-state index in [1.165, 1.54) is 19.2 Å². The third kappa shape index (κ3) is 2.16. The van der Waals surface area contributed by atoms with E-state index in [1.54, 1.807) is 18.2 Å². The number of nitrogens with zero attached hydrogens (tertiary/aromatic N) is 2. The van der Waals surface area contributed by atoms with Gasteiger partial charge < -0.3 is 24.4 Å². The number of rotatable bonds is 3. The molecule has 0 bridgehead atoms. The number of benzene rings is 2. The summed E-state index contributed by atoms with van der Waals surface area (Å²) in [4.78, 5) is 0. The second kappa shape index (κ2) is 5.34. The molecule has 0 saturated heterocycles. The molecule has 1 aromatic heterocycles. The van der Waals surface area contributed by atoms with E-state index in [4.69, 9.17) is 14.2 Å². The highest BCUT2D eigenvalue weighted by Gasteiger charge is 2.23. The Hall–Kier alpha value is -3.42. The highest BCUT2D eigenvalue weighted by atomic mass is 16.7. The van der Waals surface area contributed by atoms with Gasteiger partial charge in [-0.3, -0.25) is 5.10 Å². The lowest BCUT2D eigenvalue weighted by Crippen LogP contribution is -1.93. The van der Waals surface area contributed by atoms with Crippen molar-refractivity contribution in [1.82, 2.24) is 15.4 Å². The molecule has 2 aromatic carbocycles. The maximum atomic E-state index is 10.2.